The van der Waals surface area contributed by atoms with Crippen molar-refractivity contribution in [3.63, 3.8) is 0 Å². The number of piperazine rings is 1. The summed E-state index contributed by atoms with van der Waals surface area (Å²) in [6.45, 7) is 15.2. The number of halogens is 1. The molecule has 13 nitrogen and oxygen atoms in total. The lowest BCUT2D eigenvalue weighted by Gasteiger charge is -2.63. The number of nitrogens with one attached hydrogen (secondary N) is 2. The molecule has 3 saturated heterocycles. The SMILES string of the molecule is CC1(C)C(NC(=O)c2ccc(N3CCC(CN4CCN(c5ccc6c(=O)n([C@H]7CCC(=O)NC7=O)nc(C7CC7)c6c5)CC4)CC3)cc2)C(C)(C)C1Oc1ccc(C#N)c(Cl)c1. The molecule has 3 amide bonds. The van der Waals surface area contributed by atoms with E-state index in [0.29, 0.717) is 33.2 Å². The first kappa shape index (κ1) is 41.9. The Morgan fingerprint density at radius 2 is 1.53 bits per heavy atom. The van der Waals surface area contributed by atoms with Gasteiger partial charge < -0.3 is 19.9 Å². The number of fused-ring (bicyclic) bond motifs is 1. The van der Waals surface area contributed by atoms with Crippen LogP contribution in [0.1, 0.15) is 99.8 Å². The van der Waals surface area contributed by atoms with Gasteiger partial charge in [0.1, 0.15) is 24.0 Å². The molecule has 3 aromatic carbocycles. The number of aromatic nitrogens is 2. The van der Waals surface area contributed by atoms with Crippen LogP contribution >= 0.6 is 11.6 Å². The Morgan fingerprint density at radius 3 is 2.18 bits per heavy atom. The van der Waals surface area contributed by atoms with Crippen molar-refractivity contribution in [1.29, 1.82) is 5.26 Å². The summed E-state index contributed by atoms with van der Waals surface area (Å²) in [5.74, 6) is 0.640. The lowest BCUT2D eigenvalue weighted by Crippen LogP contribution is -2.74. The fraction of sp³-hybridized carbons (Fsp3) is 0.500. The van der Waals surface area contributed by atoms with Crippen LogP contribution in [0.4, 0.5) is 11.4 Å². The number of rotatable bonds is 10. The van der Waals surface area contributed by atoms with Gasteiger partial charge in [-0.1, -0.05) is 39.3 Å². The Labute approximate surface area is 367 Å². The van der Waals surface area contributed by atoms with Gasteiger partial charge >= 0.3 is 0 Å². The molecular weight excluding hydrogens is 804 g/mol. The zero-order chi connectivity index (χ0) is 43.5. The molecule has 2 saturated carbocycles. The quantitative estimate of drug-likeness (QED) is 0.171. The average Bonchev–Trinajstić information content (AvgIpc) is 4.11. The maximum Gasteiger partial charge on any atom is 0.275 e. The van der Waals surface area contributed by atoms with Crippen molar-refractivity contribution in [1.82, 2.24) is 25.3 Å². The van der Waals surface area contributed by atoms with E-state index in [9.17, 15) is 24.4 Å². The smallest absolute Gasteiger partial charge is 0.275 e. The number of hydrogen-bond acceptors (Lipinski definition) is 10. The molecule has 5 fully saturated rings. The van der Waals surface area contributed by atoms with Gasteiger partial charge in [-0.3, -0.25) is 29.4 Å². The van der Waals surface area contributed by atoms with Gasteiger partial charge in [0.15, 0.2) is 0 Å². The fourth-order valence-electron chi connectivity index (χ4n) is 10.8. The average molecular weight is 859 g/mol. The lowest BCUT2D eigenvalue weighted by atomic mass is 9.49. The molecule has 4 aromatic rings. The molecule has 14 heteroatoms. The third-order valence-corrected chi connectivity index (χ3v) is 14.5. The van der Waals surface area contributed by atoms with Crippen molar-refractivity contribution in [3.05, 3.63) is 92.9 Å². The predicted molar refractivity (Wildman–Crippen MR) is 239 cm³/mol. The first-order valence-electron chi connectivity index (χ1n) is 22.1. The highest BCUT2D eigenvalue weighted by molar-refractivity contribution is 6.31. The maximum atomic E-state index is 13.6. The molecule has 324 valence electrons. The van der Waals surface area contributed by atoms with Crippen molar-refractivity contribution >= 4 is 51.5 Å². The Balaban J connectivity index is 0.754. The van der Waals surface area contributed by atoms with Gasteiger partial charge in [-0.2, -0.15) is 10.4 Å². The van der Waals surface area contributed by atoms with Crippen LogP contribution in [0.2, 0.25) is 5.02 Å². The Bertz CT molecular complexity index is 2500. The normalized spacial score (nSPS) is 24.0. The molecule has 0 spiro atoms. The fourth-order valence-corrected chi connectivity index (χ4v) is 11.0. The molecule has 2 aliphatic carbocycles. The van der Waals surface area contributed by atoms with Crippen LogP contribution in [0.25, 0.3) is 10.8 Å². The van der Waals surface area contributed by atoms with E-state index in [1.165, 1.54) is 4.68 Å². The molecule has 2 N–H and O–H groups in total. The summed E-state index contributed by atoms with van der Waals surface area (Å²) in [6.07, 6.45) is 4.56. The maximum absolute atomic E-state index is 13.6. The van der Waals surface area contributed by atoms with E-state index >= 15 is 0 Å². The molecule has 1 aromatic heterocycles. The number of nitriles is 1. The van der Waals surface area contributed by atoms with Crippen LogP contribution in [0.15, 0.2) is 65.5 Å². The first-order valence-corrected chi connectivity index (χ1v) is 22.5. The number of imide groups is 1. The number of amides is 3. The topological polar surface area (TPSA) is 153 Å². The van der Waals surface area contributed by atoms with E-state index in [-0.39, 0.29) is 59.1 Å². The summed E-state index contributed by atoms with van der Waals surface area (Å²) in [5.41, 5.74) is 3.18. The largest absolute Gasteiger partial charge is 0.489 e. The van der Waals surface area contributed by atoms with Crippen molar-refractivity contribution in [2.24, 2.45) is 16.7 Å². The molecular formula is C48H55ClN8O5. The van der Waals surface area contributed by atoms with Gasteiger partial charge in [0.05, 0.1) is 21.7 Å². The van der Waals surface area contributed by atoms with Gasteiger partial charge in [-0.05, 0) is 92.6 Å². The van der Waals surface area contributed by atoms with E-state index in [1.54, 1.807) is 18.2 Å². The van der Waals surface area contributed by atoms with E-state index in [0.717, 1.165) is 94.0 Å². The van der Waals surface area contributed by atoms with Crippen LogP contribution in [0.5, 0.6) is 5.75 Å². The molecule has 4 heterocycles. The third kappa shape index (κ3) is 7.92. The first-order chi connectivity index (χ1) is 29.7. The monoisotopic (exact) mass is 858 g/mol. The van der Waals surface area contributed by atoms with Gasteiger partial charge in [0, 0.05) is 103 Å². The molecule has 0 radical (unpaired) electrons. The van der Waals surface area contributed by atoms with Gasteiger partial charge in [0.25, 0.3) is 17.4 Å². The Morgan fingerprint density at radius 1 is 0.855 bits per heavy atom. The molecule has 0 bridgehead atoms. The summed E-state index contributed by atoms with van der Waals surface area (Å²) in [7, 11) is 0. The van der Waals surface area contributed by atoms with Crippen molar-refractivity contribution in [3.8, 4) is 11.8 Å². The third-order valence-electron chi connectivity index (χ3n) is 14.2. The highest BCUT2D eigenvalue weighted by Crippen LogP contribution is 2.55. The number of nitrogens with zero attached hydrogens (tertiary/aromatic N) is 6. The predicted octanol–water partition coefficient (Wildman–Crippen LogP) is 6.43. The number of carbonyl (C=O) groups excluding carboxylic acids is 3. The molecule has 3 aliphatic heterocycles. The van der Waals surface area contributed by atoms with Crippen LogP contribution in [0, 0.1) is 28.1 Å². The zero-order valence-corrected chi connectivity index (χ0v) is 36.7. The van der Waals surface area contributed by atoms with Gasteiger partial charge in [-0.15, -0.1) is 0 Å². The number of hydrogen-bond donors (Lipinski definition) is 2. The number of anilines is 2. The minimum atomic E-state index is -0.770. The minimum absolute atomic E-state index is 0.0988. The van der Waals surface area contributed by atoms with E-state index in [4.69, 9.17) is 21.4 Å². The highest BCUT2D eigenvalue weighted by atomic mass is 35.5. The van der Waals surface area contributed by atoms with Gasteiger partial charge in [0.2, 0.25) is 5.91 Å². The minimum Gasteiger partial charge on any atom is -0.489 e. The number of ether oxygens (including phenoxy) is 1. The number of benzene rings is 3. The number of piperidine rings is 2. The van der Waals surface area contributed by atoms with Crippen molar-refractivity contribution < 1.29 is 19.1 Å². The Kier molecular flexibility index (Phi) is 11.0. The summed E-state index contributed by atoms with van der Waals surface area (Å²) < 4.78 is 7.72. The summed E-state index contributed by atoms with van der Waals surface area (Å²) in [5, 5.41) is 21.5. The molecule has 62 heavy (non-hydrogen) atoms. The Hall–Kier alpha value is -5.45. The highest BCUT2D eigenvalue weighted by Gasteiger charge is 2.64. The summed E-state index contributed by atoms with van der Waals surface area (Å²) in [4.78, 5) is 59.0. The van der Waals surface area contributed by atoms with Crippen molar-refractivity contribution in [2.45, 2.75) is 90.3 Å². The molecule has 5 aliphatic rings. The second-order valence-corrected chi connectivity index (χ2v) is 19.6. The van der Waals surface area contributed by atoms with E-state index in [1.807, 2.05) is 24.3 Å². The molecule has 9 rings (SSSR count). The zero-order valence-electron chi connectivity index (χ0n) is 36.0. The van der Waals surface area contributed by atoms with E-state index < -0.39 is 11.9 Å². The lowest BCUT2D eigenvalue weighted by molar-refractivity contribution is -0.164. The summed E-state index contributed by atoms with van der Waals surface area (Å²) in [6, 6.07) is 20.3. The van der Waals surface area contributed by atoms with Crippen LogP contribution in [-0.2, 0) is 9.59 Å². The van der Waals surface area contributed by atoms with Crippen LogP contribution in [-0.4, -0.2) is 90.4 Å². The van der Waals surface area contributed by atoms with E-state index in [2.05, 4.69) is 77.3 Å². The standard InChI is InChI=1S/C48H55ClN8O5/c1-47(2)45(48(3,4)46(47)62-35-13-9-32(27-50)38(49)26-35)52-42(59)31-7-10-33(11-8-31)55-19-17-29(18-20-55)28-54-21-23-56(24-22-54)34-12-14-36-37(25-34)41(30-5-6-30)53-57(44(36)61)39-15-16-40(58)51-43(39)60/h7-14,25-26,29-30,39,45-46H,5-6,15-24,28H2,1-4H3,(H,52,59)(H,51,58,60)/t39-,45?,46?/m0/s1. The second kappa shape index (κ2) is 16.3. The van der Waals surface area contributed by atoms with Crippen LogP contribution < -0.4 is 30.7 Å². The summed E-state index contributed by atoms with van der Waals surface area (Å²) >= 11 is 6.27. The molecule has 1 atom stereocenters. The van der Waals surface area contributed by atoms with Gasteiger partial charge in [-0.25, -0.2) is 4.68 Å². The van der Waals surface area contributed by atoms with Crippen molar-refractivity contribution in [2.75, 3.05) is 55.6 Å². The molecule has 0 unspecified atom stereocenters. The van der Waals surface area contributed by atoms with Crippen LogP contribution in [0.3, 0.4) is 0 Å². The second-order valence-electron chi connectivity index (χ2n) is 19.2. The number of carbonyl (C=O) groups is 3.